The second-order valence-electron chi connectivity index (χ2n) is 8.84. The van der Waals surface area contributed by atoms with E-state index < -0.39 is 0 Å². The molecule has 2 atom stereocenters. The zero-order chi connectivity index (χ0) is 25.2. The van der Waals surface area contributed by atoms with Crippen molar-refractivity contribution in [3.05, 3.63) is 126 Å². The van der Waals surface area contributed by atoms with Crippen LogP contribution < -0.4 is 9.47 Å². The molecule has 0 aliphatic rings. The van der Waals surface area contributed by atoms with Gasteiger partial charge in [0.25, 0.3) is 0 Å². The second kappa shape index (κ2) is 12.6. The van der Waals surface area contributed by atoms with Crippen LogP contribution in [0.3, 0.4) is 0 Å². The lowest BCUT2D eigenvalue weighted by molar-refractivity contribution is -0.146. The highest BCUT2D eigenvalue weighted by Crippen LogP contribution is 2.37. The van der Waals surface area contributed by atoms with E-state index >= 15 is 0 Å². The maximum Gasteiger partial charge on any atom is 0.302 e. The lowest BCUT2D eigenvalue weighted by atomic mass is 9.88. The van der Waals surface area contributed by atoms with Gasteiger partial charge in [-0.1, -0.05) is 84.9 Å². The van der Waals surface area contributed by atoms with Crippen LogP contribution in [-0.2, 0) is 22.6 Å². The van der Waals surface area contributed by atoms with Crippen LogP contribution in [0.5, 0.6) is 17.2 Å². The van der Waals surface area contributed by atoms with Crippen molar-refractivity contribution in [2.45, 2.75) is 45.3 Å². The van der Waals surface area contributed by atoms with Crippen LogP contribution in [0.1, 0.15) is 42.9 Å². The van der Waals surface area contributed by atoms with Gasteiger partial charge in [0.1, 0.15) is 18.5 Å². The number of para-hydroxylation sites is 1. The highest BCUT2D eigenvalue weighted by Gasteiger charge is 2.24. The fourth-order valence-electron chi connectivity index (χ4n) is 4.29. The van der Waals surface area contributed by atoms with Crippen molar-refractivity contribution < 1.29 is 19.0 Å². The summed E-state index contributed by atoms with van der Waals surface area (Å²) in [5.74, 6) is 1.75. The smallest absolute Gasteiger partial charge is 0.302 e. The Morgan fingerprint density at radius 3 is 2.00 bits per heavy atom. The van der Waals surface area contributed by atoms with E-state index in [2.05, 4.69) is 12.1 Å². The third-order valence-electron chi connectivity index (χ3n) is 6.11. The summed E-state index contributed by atoms with van der Waals surface area (Å²) < 4.78 is 18.1. The Bertz CT molecular complexity index is 1220. The van der Waals surface area contributed by atoms with Gasteiger partial charge < -0.3 is 14.2 Å². The number of hydrogen-bond acceptors (Lipinski definition) is 4. The second-order valence-corrected chi connectivity index (χ2v) is 8.84. The van der Waals surface area contributed by atoms with E-state index in [1.165, 1.54) is 12.5 Å². The first kappa shape index (κ1) is 25.1. The minimum Gasteiger partial charge on any atom is -0.485 e. The van der Waals surface area contributed by atoms with Crippen LogP contribution in [-0.4, -0.2) is 12.1 Å². The monoisotopic (exact) mass is 480 g/mol. The lowest BCUT2D eigenvalue weighted by Crippen LogP contribution is -2.22. The molecule has 2 unspecified atom stereocenters. The van der Waals surface area contributed by atoms with Gasteiger partial charge in [-0.25, -0.2) is 0 Å². The predicted molar refractivity (Wildman–Crippen MR) is 142 cm³/mol. The first-order valence-corrected chi connectivity index (χ1v) is 12.3. The van der Waals surface area contributed by atoms with Crippen LogP contribution >= 0.6 is 0 Å². The average Bonchev–Trinajstić information content (AvgIpc) is 2.90. The Balaban J connectivity index is 1.63. The molecule has 0 heterocycles. The molecule has 4 rings (SSSR count). The normalized spacial score (nSPS) is 12.4. The summed E-state index contributed by atoms with van der Waals surface area (Å²) in [6.45, 7) is 3.83. The Hall–Kier alpha value is -4.05. The molecule has 0 N–H and O–H groups in total. The molecule has 4 aromatic carbocycles. The van der Waals surface area contributed by atoms with E-state index in [0.717, 1.165) is 29.7 Å². The molecule has 0 aliphatic carbocycles. The number of benzene rings is 4. The van der Waals surface area contributed by atoms with Gasteiger partial charge in [-0.15, -0.1) is 0 Å². The zero-order valence-electron chi connectivity index (χ0n) is 20.8. The molecule has 184 valence electrons. The maximum atomic E-state index is 11.8. The molecule has 0 spiro atoms. The molecule has 36 heavy (non-hydrogen) atoms. The Labute approximate surface area is 213 Å². The SMILES string of the molecule is CC(=O)OC(C)C(CCc1ccccc1)c1ccc(Oc2ccccc2)c(OCc2ccccc2)c1. The van der Waals surface area contributed by atoms with E-state index in [0.29, 0.717) is 18.1 Å². The predicted octanol–water partition coefficient (Wildman–Crippen LogP) is 7.73. The third-order valence-corrected chi connectivity index (χ3v) is 6.11. The minimum atomic E-state index is -0.283. The fraction of sp³-hybridized carbons (Fsp3) is 0.219. The molecule has 0 saturated heterocycles. The molecular formula is C32H32O4. The number of esters is 1. The van der Waals surface area contributed by atoms with Gasteiger partial charge in [-0.3, -0.25) is 4.79 Å². The summed E-state index contributed by atoms with van der Waals surface area (Å²) in [6.07, 6.45) is 1.42. The molecule has 0 aliphatic heterocycles. The molecule has 0 amide bonds. The third kappa shape index (κ3) is 7.22. The summed E-state index contributed by atoms with van der Waals surface area (Å²) >= 11 is 0. The summed E-state index contributed by atoms with van der Waals surface area (Å²) in [7, 11) is 0. The summed E-state index contributed by atoms with van der Waals surface area (Å²) in [4.78, 5) is 11.8. The fourth-order valence-corrected chi connectivity index (χ4v) is 4.29. The van der Waals surface area contributed by atoms with Crippen molar-refractivity contribution >= 4 is 5.97 Å². The summed E-state index contributed by atoms with van der Waals surface area (Å²) in [5, 5.41) is 0. The average molecular weight is 481 g/mol. The van der Waals surface area contributed by atoms with E-state index in [-0.39, 0.29) is 18.0 Å². The molecule has 4 heteroatoms. The van der Waals surface area contributed by atoms with E-state index in [1.807, 2.05) is 104 Å². The van der Waals surface area contributed by atoms with Crippen LogP contribution in [0.15, 0.2) is 109 Å². The molecule has 0 saturated carbocycles. The van der Waals surface area contributed by atoms with Gasteiger partial charge in [-0.05, 0) is 60.7 Å². The van der Waals surface area contributed by atoms with Gasteiger partial charge in [0.2, 0.25) is 0 Å². The van der Waals surface area contributed by atoms with Crippen molar-refractivity contribution in [3.8, 4) is 17.2 Å². The van der Waals surface area contributed by atoms with Crippen LogP contribution in [0.25, 0.3) is 0 Å². The van der Waals surface area contributed by atoms with Crippen LogP contribution in [0, 0.1) is 0 Å². The first-order valence-electron chi connectivity index (χ1n) is 12.3. The van der Waals surface area contributed by atoms with E-state index in [1.54, 1.807) is 0 Å². The van der Waals surface area contributed by atoms with Crippen molar-refractivity contribution in [1.82, 2.24) is 0 Å². The molecular weight excluding hydrogens is 448 g/mol. The van der Waals surface area contributed by atoms with Gasteiger partial charge in [0, 0.05) is 12.8 Å². The minimum absolute atomic E-state index is 0.000966. The number of carbonyl (C=O) groups is 1. The highest BCUT2D eigenvalue weighted by atomic mass is 16.5. The Morgan fingerprint density at radius 1 is 0.750 bits per heavy atom. The van der Waals surface area contributed by atoms with Gasteiger partial charge in [0.05, 0.1) is 0 Å². The first-order chi connectivity index (χ1) is 17.6. The van der Waals surface area contributed by atoms with Crippen molar-refractivity contribution in [1.29, 1.82) is 0 Å². The van der Waals surface area contributed by atoms with Gasteiger partial charge >= 0.3 is 5.97 Å². The lowest BCUT2D eigenvalue weighted by Gasteiger charge is -2.25. The molecule has 4 aromatic rings. The van der Waals surface area contributed by atoms with E-state index in [4.69, 9.17) is 14.2 Å². The maximum absolute atomic E-state index is 11.8. The zero-order valence-corrected chi connectivity index (χ0v) is 20.8. The van der Waals surface area contributed by atoms with Crippen LogP contribution in [0.2, 0.25) is 0 Å². The standard InChI is InChI=1S/C32H32O4/c1-24(35-25(2)33)30(20-18-26-12-6-3-7-13-26)28-19-21-31(36-29-16-10-5-11-17-29)32(22-28)34-23-27-14-8-4-9-15-27/h3-17,19,21-22,24,30H,18,20,23H2,1-2H3. The quantitative estimate of drug-likeness (QED) is 0.206. The number of rotatable bonds is 11. The molecule has 0 bridgehead atoms. The van der Waals surface area contributed by atoms with Crippen molar-refractivity contribution in [3.63, 3.8) is 0 Å². The molecule has 4 nitrogen and oxygen atoms in total. The number of ether oxygens (including phenoxy) is 3. The van der Waals surface area contributed by atoms with Gasteiger partial charge in [0.15, 0.2) is 11.5 Å². The van der Waals surface area contributed by atoms with Crippen LogP contribution in [0.4, 0.5) is 0 Å². The Morgan fingerprint density at radius 2 is 1.36 bits per heavy atom. The number of hydrogen-bond donors (Lipinski definition) is 0. The topological polar surface area (TPSA) is 44.8 Å². The summed E-state index contributed by atoms with van der Waals surface area (Å²) in [6, 6.07) is 36.1. The summed E-state index contributed by atoms with van der Waals surface area (Å²) in [5.41, 5.74) is 3.37. The molecule has 0 radical (unpaired) electrons. The largest absolute Gasteiger partial charge is 0.485 e. The van der Waals surface area contributed by atoms with Gasteiger partial charge in [-0.2, -0.15) is 0 Å². The van der Waals surface area contributed by atoms with Crippen molar-refractivity contribution in [2.24, 2.45) is 0 Å². The molecule has 0 fully saturated rings. The highest BCUT2D eigenvalue weighted by molar-refractivity contribution is 5.66. The Kier molecular flexibility index (Phi) is 8.77. The number of carbonyl (C=O) groups excluding carboxylic acids is 1. The van der Waals surface area contributed by atoms with Crippen molar-refractivity contribution in [2.75, 3.05) is 0 Å². The van der Waals surface area contributed by atoms with E-state index in [9.17, 15) is 4.79 Å². The molecule has 0 aromatic heterocycles. The number of aryl methyl sites for hydroxylation is 1.